The second-order valence-corrected chi connectivity index (χ2v) is 4.72. The van der Waals surface area contributed by atoms with E-state index in [1.807, 2.05) is 0 Å². The van der Waals surface area contributed by atoms with Crippen LogP contribution in [-0.2, 0) is 11.2 Å². The van der Waals surface area contributed by atoms with Crippen LogP contribution in [0.15, 0.2) is 42.5 Å². The number of nitrogens with one attached hydrogen (secondary N) is 1. The van der Waals surface area contributed by atoms with Crippen LogP contribution in [0.3, 0.4) is 0 Å². The van der Waals surface area contributed by atoms with Gasteiger partial charge in [0.2, 0.25) is 5.91 Å². The number of anilines is 1. The van der Waals surface area contributed by atoms with Crippen molar-refractivity contribution < 1.29 is 19.2 Å². The van der Waals surface area contributed by atoms with E-state index in [0.717, 1.165) is 5.56 Å². The summed E-state index contributed by atoms with van der Waals surface area (Å²) in [4.78, 5) is 22.1. The summed E-state index contributed by atoms with van der Waals surface area (Å²) in [6.45, 7) is 0. The molecule has 2 aromatic carbocycles. The summed E-state index contributed by atoms with van der Waals surface area (Å²) in [6.07, 6.45) is 0.150. The van der Waals surface area contributed by atoms with Gasteiger partial charge in [0.25, 0.3) is 5.69 Å². The van der Waals surface area contributed by atoms with E-state index in [9.17, 15) is 14.9 Å². The first-order chi connectivity index (χ1) is 11.0. The van der Waals surface area contributed by atoms with Crippen LogP contribution < -0.4 is 14.8 Å². The number of methoxy groups -OCH3 is 2. The second-order valence-electron chi connectivity index (χ2n) is 4.72. The number of nitrogens with zero attached hydrogens (tertiary/aromatic N) is 1. The van der Waals surface area contributed by atoms with E-state index >= 15 is 0 Å². The van der Waals surface area contributed by atoms with Gasteiger partial charge in [-0.05, 0) is 29.8 Å². The Morgan fingerprint density at radius 1 is 1.09 bits per heavy atom. The number of nitro groups is 1. The van der Waals surface area contributed by atoms with E-state index in [4.69, 9.17) is 9.47 Å². The Bertz CT molecular complexity index is 713. The van der Waals surface area contributed by atoms with Gasteiger partial charge >= 0.3 is 0 Å². The summed E-state index contributed by atoms with van der Waals surface area (Å²) < 4.78 is 10.3. The van der Waals surface area contributed by atoms with Crippen molar-refractivity contribution in [3.63, 3.8) is 0 Å². The van der Waals surface area contributed by atoms with Gasteiger partial charge in [0, 0.05) is 17.8 Å². The molecule has 2 rings (SSSR count). The fourth-order valence-corrected chi connectivity index (χ4v) is 2.05. The molecular formula is C16H16N2O5. The van der Waals surface area contributed by atoms with Crippen molar-refractivity contribution in [1.29, 1.82) is 0 Å². The number of hydrogen-bond acceptors (Lipinski definition) is 5. The minimum absolute atomic E-state index is 0.0251. The molecule has 0 aliphatic carbocycles. The predicted molar refractivity (Wildman–Crippen MR) is 85.0 cm³/mol. The normalized spacial score (nSPS) is 10.0. The Morgan fingerprint density at radius 2 is 1.74 bits per heavy atom. The summed E-state index contributed by atoms with van der Waals surface area (Å²) in [7, 11) is 3.07. The molecule has 7 heteroatoms. The van der Waals surface area contributed by atoms with Gasteiger partial charge in [0.15, 0.2) is 11.5 Å². The zero-order valence-electron chi connectivity index (χ0n) is 12.7. The molecule has 0 heterocycles. The lowest BCUT2D eigenvalue weighted by molar-refractivity contribution is -0.384. The van der Waals surface area contributed by atoms with E-state index in [1.54, 1.807) is 25.3 Å². The predicted octanol–water partition coefficient (Wildman–Crippen LogP) is 2.79. The van der Waals surface area contributed by atoms with Crippen molar-refractivity contribution in [2.45, 2.75) is 6.42 Å². The highest BCUT2D eigenvalue weighted by Crippen LogP contribution is 2.27. The molecule has 0 bridgehead atoms. The molecule has 0 radical (unpaired) electrons. The van der Waals surface area contributed by atoms with Gasteiger partial charge in [-0.3, -0.25) is 14.9 Å². The van der Waals surface area contributed by atoms with Crippen molar-refractivity contribution in [3.8, 4) is 11.5 Å². The molecule has 23 heavy (non-hydrogen) atoms. The lowest BCUT2D eigenvalue weighted by Gasteiger charge is -2.10. The molecule has 7 nitrogen and oxygen atoms in total. The zero-order chi connectivity index (χ0) is 16.8. The van der Waals surface area contributed by atoms with E-state index in [2.05, 4.69) is 5.32 Å². The SMILES string of the molecule is COc1ccc(CC(=O)Nc2ccc([N+](=O)[O-])cc2)cc1OC. The lowest BCUT2D eigenvalue weighted by Crippen LogP contribution is -2.14. The summed E-state index contributed by atoms with van der Waals surface area (Å²) in [6, 6.07) is 10.9. The Balaban J connectivity index is 2.03. The van der Waals surface area contributed by atoms with Crippen LogP contribution in [0.1, 0.15) is 5.56 Å². The van der Waals surface area contributed by atoms with Crippen molar-refractivity contribution in [3.05, 3.63) is 58.1 Å². The number of ether oxygens (including phenoxy) is 2. The van der Waals surface area contributed by atoms with Crippen LogP contribution in [-0.4, -0.2) is 25.1 Å². The van der Waals surface area contributed by atoms with Crippen LogP contribution in [0, 0.1) is 10.1 Å². The van der Waals surface area contributed by atoms with Crippen LogP contribution in [0.2, 0.25) is 0 Å². The largest absolute Gasteiger partial charge is 0.493 e. The summed E-state index contributed by atoms with van der Waals surface area (Å²) in [5, 5.41) is 13.3. The molecule has 120 valence electrons. The molecule has 0 fully saturated rings. The van der Waals surface area contributed by atoms with E-state index < -0.39 is 4.92 Å². The molecule has 1 amide bonds. The summed E-state index contributed by atoms with van der Waals surface area (Å²) in [5.74, 6) is 0.909. The number of amides is 1. The van der Waals surface area contributed by atoms with Crippen LogP contribution in [0.25, 0.3) is 0 Å². The Kier molecular flexibility index (Phi) is 5.14. The van der Waals surface area contributed by atoms with Gasteiger partial charge < -0.3 is 14.8 Å². The number of nitro benzene ring substituents is 1. The molecule has 2 aromatic rings. The monoisotopic (exact) mass is 316 g/mol. The van der Waals surface area contributed by atoms with E-state index in [0.29, 0.717) is 17.2 Å². The van der Waals surface area contributed by atoms with E-state index in [1.165, 1.54) is 31.4 Å². The Labute approximate surface area is 133 Å². The molecule has 0 saturated heterocycles. The maximum Gasteiger partial charge on any atom is 0.269 e. The second kappa shape index (κ2) is 7.26. The third-order valence-corrected chi connectivity index (χ3v) is 3.17. The standard InChI is InChI=1S/C16H16N2O5/c1-22-14-8-3-11(9-15(14)23-2)10-16(19)17-12-4-6-13(7-5-12)18(20)21/h3-9H,10H2,1-2H3,(H,17,19). The van der Waals surface area contributed by atoms with Gasteiger partial charge in [-0.15, -0.1) is 0 Å². The summed E-state index contributed by atoms with van der Waals surface area (Å²) in [5.41, 5.74) is 1.24. The lowest BCUT2D eigenvalue weighted by atomic mass is 10.1. The molecule has 0 saturated carbocycles. The van der Waals surface area contributed by atoms with Crippen molar-refractivity contribution >= 4 is 17.3 Å². The zero-order valence-corrected chi connectivity index (χ0v) is 12.7. The maximum atomic E-state index is 12.0. The smallest absolute Gasteiger partial charge is 0.269 e. The average Bonchev–Trinajstić information content (AvgIpc) is 2.55. The first-order valence-corrected chi connectivity index (χ1v) is 6.78. The molecular weight excluding hydrogens is 300 g/mol. The highest BCUT2D eigenvalue weighted by Gasteiger charge is 2.10. The highest BCUT2D eigenvalue weighted by molar-refractivity contribution is 5.92. The number of non-ortho nitro benzene ring substituents is 1. The first kappa shape index (κ1) is 16.3. The minimum Gasteiger partial charge on any atom is -0.493 e. The number of carbonyl (C=O) groups excluding carboxylic acids is 1. The number of rotatable bonds is 6. The third kappa shape index (κ3) is 4.19. The molecule has 0 aliphatic heterocycles. The molecule has 0 unspecified atom stereocenters. The van der Waals surface area contributed by atoms with Gasteiger partial charge in [0.1, 0.15) is 0 Å². The van der Waals surface area contributed by atoms with Gasteiger partial charge in [-0.2, -0.15) is 0 Å². The molecule has 0 aliphatic rings. The van der Waals surface area contributed by atoms with E-state index in [-0.39, 0.29) is 18.0 Å². The first-order valence-electron chi connectivity index (χ1n) is 6.78. The quantitative estimate of drug-likeness (QED) is 0.653. The Hall–Kier alpha value is -3.09. The fourth-order valence-electron chi connectivity index (χ4n) is 2.05. The van der Waals surface area contributed by atoms with Crippen LogP contribution in [0.4, 0.5) is 11.4 Å². The van der Waals surface area contributed by atoms with Crippen molar-refractivity contribution in [1.82, 2.24) is 0 Å². The minimum atomic E-state index is -0.491. The van der Waals surface area contributed by atoms with Crippen LogP contribution in [0.5, 0.6) is 11.5 Å². The molecule has 0 atom stereocenters. The third-order valence-electron chi connectivity index (χ3n) is 3.17. The molecule has 1 N–H and O–H groups in total. The molecule has 0 aromatic heterocycles. The topological polar surface area (TPSA) is 90.7 Å². The van der Waals surface area contributed by atoms with Crippen molar-refractivity contribution in [2.24, 2.45) is 0 Å². The van der Waals surface area contributed by atoms with Gasteiger partial charge in [0.05, 0.1) is 25.6 Å². The van der Waals surface area contributed by atoms with Crippen molar-refractivity contribution in [2.75, 3.05) is 19.5 Å². The maximum absolute atomic E-state index is 12.0. The van der Waals surface area contributed by atoms with Gasteiger partial charge in [-0.25, -0.2) is 0 Å². The number of hydrogen-bond donors (Lipinski definition) is 1. The van der Waals surface area contributed by atoms with Gasteiger partial charge in [-0.1, -0.05) is 6.07 Å². The molecule has 0 spiro atoms. The number of benzene rings is 2. The fraction of sp³-hybridized carbons (Fsp3) is 0.188. The van der Waals surface area contributed by atoms with Crippen LogP contribution >= 0.6 is 0 Å². The Morgan fingerprint density at radius 3 is 2.30 bits per heavy atom. The summed E-state index contributed by atoms with van der Waals surface area (Å²) >= 11 is 0. The highest BCUT2D eigenvalue weighted by atomic mass is 16.6. The average molecular weight is 316 g/mol. The number of carbonyl (C=O) groups is 1.